The summed E-state index contributed by atoms with van der Waals surface area (Å²) in [6.45, 7) is 0.619. The van der Waals surface area contributed by atoms with Crippen molar-refractivity contribution in [3.05, 3.63) is 35.9 Å². The van der Waals surface area contributed by atoms with E-state index in [1.807, 2.05) is 0 Å². The lowest BCUT2D eigenvalue weighted by Crippen LogP contribution is -2.47. The number of hydrogen-bond acceptors (Lipinski definition) is 3. The van der Waals surface area contributed by atoms with Crippen molar-refractivity contribution in [2.45, 2.75) is 50.9 Å². The Bertz CT molecular complexity index is 659. The van der Waals surface area contributed by atoms with Gasteiger partial charge < -0.3 is 10.1 Å². The number of benzene rings is 1. The minimum atomic E-state index is -5.74. The smallest absolute Gasteiger partial charge is 0.453 e. The fourth-order valence-corrected chi connectivity index (χ4v) is 2.54. The van der Waals surface area contributed by atoms with Crippen LogP contribution in [0.25, 0.3) is 0 Å². The van der Waals surface area contributed by atoms with Gasteiger partial charge in [-0.25, -0.2) is 4.79 Å². The molecule has 0 spiro atoms. The Hall–Kier alpha value is -2.19. The normalized spacial score (nSPS) is 17.1. The zero-order valence-corrected chi connectivity index (χ0v) is 14.6. The number of hydrogen-bond donors (Lipinski definition) is 1. The van der Waals surface area contributed by atoms with E-state index in [4.69, 9.17) is 4.74 Å². The molecule has 2 rings (SSSR count). The predicted octanol–water partition coefficient (Wildman–Crippen LogP) is 3.85. The van der Waals surface area contributed by atoms with Crippen LogP contribution in [0.4, 0.5) is 22.0 Å². The first-order valence-corrected chi connectivity index (χ1v) is 8.47. The molecule has 0 aliphatic heterocycles. The summed E-state index contributed by atoms with van der Waals surface area (Å²) >= 11 is 0. The van der Waals surface area contributed by atoms with Crippen LogP contribution in [0, 0.1) is 11.8 Å². The fourth-order valence-electron chi connectivity index (χ4n) is 2.54. The van der Waals surface area contributed by atoms with Crippen molar-refractivity contribution in [3.8, 4) is 0 Å². The molecule has 2 atom stereocenters. The van der Waals surface area contributed by atoms with E-state index in [-0.39, 0.29) is 12.5 Å². The summed E-state index contributed by atoms with van der Waals surface area (Å²) in [7, 11) is 0. The maximum Gasteiger partial charge on any atom is 0.453 e. The molecule has 1 aliphatic rings. The molecule has 27 heavy (non-hydrogen) atoms. The van der Waals surface area contributed by atoms with E-state index in [1.165, 1.54) is 0 Å². The van der Waals surface area contributed by atoms with Crippen LogP contribution in [0.5, 0.6) is 0 Å². The molecule has 0 saturated heterocycles. The maximum absolute atomic E-state index is 13.3. The molecule has 0 bridgehead atoms. The van der Waals surface area contributed by atoms with Crippen molar-refractivity contribution in [1.82, 2.24) is 5.32 Å². The van der Waals surface area contributed by atoms with Crippen LogP contribution in [0.2, 0.25) is 0 Å². The summed E-state index contributed by atoms with van der Waals surface area (Å²) < 4.78 is 68.8. The molecule has 150 valence electrons. The molecule has 0 heterocycles. The third-order valence-electron chi connectivity index (χ3n) is 4.38. The molecule has 9 heteroatoms. The molecule has 1 aromatic rings. The highest BCUT2D eigenvalue weighted by Crippen LogP contribution is 2.42. The molecule has 1 N–H and O–H groups in total. The lowest BCUT2D eigenvalue weighted by atomic mass is 9.98. The van der Waals surface area contributed by atoms with E-state index in [0.717, 1.165) is 5.56 Å². The minimum absolute atomic E-state index is 0.0265. The van der Waals surface area contributed by atoms with E-state index in [1.54, 1.807) is 30.3 Å². The maximum atomic E-state index is 13.3. The lowest BCUT2D eigenvalue weighted by Gasteiger charge is -2.26. The molecule has 4 nitrogen and oxygen atoms in total. The molecular weight excluding hydrogens is 373 g/mol. The van der Waals surface area contributed by atoms with Gasteiger partial charge in [-0.3, -0.25) is 4.79 Å². The molecule has 1 fully saturated rings. The Balaban J connectivity index is 1.91. The summed E-state index contributed by atoms with van der Waals surface area (Å²) in [5, 5.41) is 2.26. The molecule has 1 amide bonds. The van der Waals surface area contributed by atoms with E-state index in [9.17, 15) is 31.5 Å². The van der Waals surface area contributed by atoms with Crippen LogP contribution in [0.1, 0.15) is 31.7 Å². The van der Waals surface area contributed by atoms with Crippen LogP contribution < -0.4 is 5.32 Å². The van der Waals surface area contributed by atoms with Crippen molar-refractivity contribution in [2.24, 2.45) is 11.8 Å². The first kappa shape index (κ1) is 21.1. The topological polar surface area (TPSA) is 55.4 Å². The van der Waals surface area contributed by atoms with Crippen LogP contribution >= 0.6 is 0 Å². The van der Waals surface area contributed by atoms with Gasteiger partial charge in [0.15, 0.2) is 0 Å². The summed E-state index contributed by atoms with van der Waals surface area (Å²) in [4.78, 5) is 24.1. The van der Waals surface area contributed by atoms with Gasteiger partial charge in [0.25, 0.3) is 0 Å². The van der Waals surface area contributed by atoms with Crippen molar-refractivity contribution < 1.29 is 36.3 Å². The van der Waals surface area contributed by atoms with Crippen molar-refractivity contribution in [3.63, 3.8) is 0 Å². The number of rotatable bonds is 8. The van der Waals surface area contributed by atoms with Gasteiger partial charge in [0, 0.05) is 12.3 Å². The number of alkyl halides is 5. The van der Waals surface area contributed by atoms with Gasteiger partial charge in [0.2, 0.25) is 5.91 Å². The summed E-state index contributed by atoms with van der Waals surface area (Å²) in [5.41, 5.74) is 0.727. The van der Waals surface area contributed by atoms with Gasteiger partial charge in [-0.15, -0.1) is 0 Å². The molecule has 0 radical (unpaired) electrons. The molecule has 1 aromatic carbocycles. The van der Waals surface area contributed by atoms with Gasteiger partial charge in [0.05, 0.1) is 0 Å². The standard InChI is InChI=1S/C18H20F5NO3/c1-11(17(19,20)18(21,22)23)9-14(25)24-15(13-7-8-13)16(26)27-10-12-5-3-2-4-6-12/h2-6,11,13,15H,7-10H2,1H3,(H,24,25). The molecule has 1 aliphatic carbocycles. The van der Waals surface area contributed by atoms with Crippen molar-refractivity contribution >= 4 is 11.9 Å². The number of nitrogens with one attached hydrogen (secondary N) is 1. The minimum Gasteiger partial charge on any atom is -0.459 e. The Morgan fingerprint density at radius 3 is 2.26 bits per heavy atom. The Morgan fingerprint density at radius 1 is 1.15 bits per heavy atom. The van der Waals surface area contributed by atoms with E-state index >= 15 is 0 Å². The van der Waals surface area contributed by atoms with Crippen molar-refractivity contribution in [1.29, 1.82) is 0 Å². The molecule has 0 aromatic heterocycles. The fraction of sp³-hybridized carbons (Fsp3) is 0.556. The first-order chi connectivity index (χ1) is 12.5. The Labute approximate surface area is 153 Å². The quantitative estimate of drug-likeness (QED) is 0.539. The van der Waals surface area contributed by atoms with Gasteiger partial charge in [0.1, 0.15) is 12.6 Å². The zero-order valence-electron chi connectivity index (χ0n) is 14.6. The number of amides is 1. The number of carbonyl (C=O) groups excluding carboxylic acids is 2. The number of halogens is 5. The van der Waals surface area contributed by atoms with Gasteiger partial charge in [-0.05, 0) is 24.3 Å². The highest BCUT2D eigenvalue weighted by Gasteiger charge is 2.61. The zero-order chi connectivity index (χ0) is 20.2. The number of ether oxygens (including phenoxy) is 1. The van der Waals surface area contributed by atoms with Crippen molar-refractivity contribution in [2.75, 3.05) is 0 Å². The third kappa shape index (κ3) is 5.64. The largest absolute Gasteiger partial charge is 0.459 e. The second-order valence-electron chi connectivity index (χ2n) is 6.70. The molecule has 2 unspecified atom stereocenters. The van der Waals surface area contributed by atoms with Crippen LogP contribution in [0.15, 0.2) is 30.3 Å². The van der Waals surface area contributed by atoms with Crippen LogP contribution in [0.3, 0.4) is 0 Å². The van der Waals surface area contributed by atoms with Crippen LogP contribution in [-0.4, -0.2) is 30.0 Å². The average molecular weight is 393 g/mol. The highest BCUT2D eigenvalue weighted by molar-refractivity contribution is 5.85. The summed E-state index contributed by atoms with van der Waals surface area (Å²) in [5.74, 6) is -9.22. The van der Waals surface area contributed by atoms with E-state index in [2.05, 4.69) is 5.32 Å². The number of esters is 1. The molecule has 1 saturated carbocycles. The Morgan fingerprint density at radius 2 is 1.74 bits per heavy atom. The van der Waals surface area contributed by atoms with Gasteiger partial charge in [-0.2, -0.15) is 22.0 Å². The van der Waals surface area contributed by atoms with E-state index < -0.39 is 42.4 Å². The predicted molar refractivity (Wildman–Crippen MR) is 85.7 cm³/mol. The second-order valence-corrected chi connectivity index (χ2v) is 6.70. The average Bonchev–Trinajstić information content (AvgIpc) is 3.42. The molecular formula is C18H20F5NO3. The highest BCUT2D eigenvalue weighted by atomic mass is 19.4. The number of carbonyl (C=O) groups is 2. The first-order valence-electron chi connectivity index (χ1n) is 8.47. The van der Waals surface area contributed by atoms with Crippen LogP contribution in [-0.2, 0) is 20.9 Å². The van der Waals surface area contributed by atoms with Gasteiger partial charge in [-0.1, -0.05) is 37.3 Å². The van der Waals surface area contributed by atoms with E-state index in [0.29, 0.717) is 19.8 Å². The lowest BCUT2D eigenvalue weighted by molar-refractivity contribution is -0.300. The Kier molecular flexibility index (Phi) is 6.43. The SMILES string of the molecule is CC(CC(=O)NC(C(=O)OCc1ccccc1)C1CC1)C(F)(F)C(F)(F)F. The monoisotopic (exact) mass is 393 g/mol. The summed E-state index contributed by atoms with van der Waals surface area (Å²) in [6, 6.07) is 7.72. The third-order valence-corrected chi connectivity index (χ3v) is 4.38. The second kappa shape index (κ2) is 8.22. The van der Waals surface area contributed by atoms with Gasteiger partial charge >= 0.3 is 18.1 Å². The summed E-state index contributed by atoms with van der Waals surface area (Å²) in [6.07, 6.45) is -5.52.